The number of anilines is 1. The first-order chi connectivity index (χ1) is 4.75. The van der Waals surface area contributed by atoms with Gasteiger partial charge in [0.25, 0.3) is 0 Å². The van der Waals surface area contributed by atoms with Crippen molar-refractivity contribution in [3.05, 3.63) is 15.8 Å². The molecule has 0 aromatic carbocycles. The predicted octanol–water partition coefficient (Wildman–Crippen LogP) is 1.55. The summed E-state index contributed by atoms with van der Waals surface area (Å²) >= 11 is 1.70. The summed E-state index contributed by atoms with van der Waals surface area (Å²) in [6.07, 6.45) is 0.577. The van der Waals surface area contributed by atoms with Crippen LogP contribution in [0.5, 0.6) is 0 Å². The highest BCUT2D eigenvalue weighted by atomic mass is 32.1. The molecular formula is C7H7NOS. The number of carbonyl (C=O) groups is 1. The van der Waals surface area contributed by atoms with Crippen molar-refractivity contribution in [3.63, 3.8) is 0 Å². The first-order valence-electron chi connectivity index (χ1n) is 3.15. The van der Waals surface area contributed by atoms with Crippen molar-refractivity contribution in [2.75, 3.05) is 5.32 Å². The molecule has 1 aromatic heterocycles. The van der Waals surface area contributed by atoms with Crippen LogP contribution in [0.25, 0.3) is 0 Å². The molecule has 0 bridgehead atoms. The molecular weight excluding hydrogens is 146 g/mol. The van der Waals surface area contributed by atoms with Crippen molar-refractivity contribution in [3.8, 4) is 0 Å². The molecule has 0 aliphatic carbocycles. The van der Waals surface area contributed by atoms with Crippen LogP contribution < -0.4 is 5.32 Å². The lowest BCUT2D eigenvalue weighted by Gasteiger charge is -1.87. The molecule has 2 nitrogen and oxygen atoms in total. The summed E-state index contributed by atoms with van der Waals surface area (Å²) in [5, 5.41) is 2.79. The summed E-state index contributed by atoms with van der Waals surface area (Å²) in [6.45, 7) is 2.05. The molecule has 52 valence electrons. The highest BCUT2D eigenvalue weighted by Gasteiger charge is 2.19. The van der Waals surface area contributed by atoms with Gasteiger partial charge in [-0.2, -0.15) is 0 Å². The number of hydrogen-bond donors (Lipinski definition) is 1. The van der Waals surface area contributed by atoms with Crippen LogP contribution in [0, 0.1) is 6.92 Å². The monoisotopic (exact) mass is 153 g/mol. The van der Waals surface area contributed by atoms with Crippen molar-refractivity contribution in [1.29, 1.82) is 0 Å². The van der Waals surface area contributed by atoms with Gasteiger partial charge in [-0.05, 0) is 13.0 Å². The molecule has 1 aliphatic heterocycles. The average Bonchev–Trinajstić information content (AvgIpc) is 2.21. The second kappa shape index (κ2) is 1.83. The molecule has 0 radical (unpaired) electrons. The van der Waals surface area contributed by atoms with E-state index in [1.165, 1.54) is 9.75 Å². The molecule has 1 aromatic rings. The maximum atomic E-state index is 10.8. The van der Waals surface area contributed by atoms with Gasteiger partial charge in [-0.1, -0.05) is 0 Å². The minimum absolute atomic E-state index is 0.126. The van der Waals surface area contributed by atoms with Crippen LogP contribution in [0.3, 0.4) is 0 Å². The van der Waals surface area contributed by atoms with Gasteiger partial charge in [0.1, 0.15) is 0 Å². The quantitative estimate of drug-likeness (QED) is 0.602. The topological polar surface area (TPSA) is 29.1 Å². The van der Waals surface area contributed by atoms with Gasteiger partial charge in [-0.25, -0.2) is 0 Å². The normalized spacial score (nSPS) is 15.1. The van der Waals surface area contributed by atoms with Gasteiger partial charge in [0.2, 0.25) is 5.91 Å². The Bertz CT molecular complexity index is 264. The van der Waals surface area contributed by atoms with Gasteiger partial charge in [-0.15, -0.1) is 11.3 Å². The van der Waals surface area contributed by atoms with E-state index in [0.717, 1.165) is 5.69 Å². The number of hydrogen-bond acceptors (Lipinski definition) is 2. The molecule has 10 heavy (non-hydrogen) atoms. The minimum atomic E-state index is 0.126. The van der Waals surface area contributed by atoms with Crippen molar-refractivity contribution in [1.82, 2.24) is 0 Å². The standard InChI is InChI=1S/C7H7NOS/c1-4-2-5-6(10-4)3-7(9)8-5/h2H,3H2,1H3,(H,8,9). The second-order valence-corrected chi connectivity index (χ2v) is 3.76. The Labute approximate surface area is 62.9 Å². The molecule has 1 N–H and O–H groups in total. The first-order valence-corrected chi connectivity index (χ1v) is 3.96. The largest absolute Gasteiger partial charge is 0.325 e. The Morgan fingerprint density at radius 2 is 2.50 bits per heavy atom. The average molecular weight is 153 g/mol. The van der Waals surface area contributed by atoms with Gasteiger partial charge in [0, 0.05) is 9.75 Å². The van der Waals surface area contributed by atoms with Crippen molar-refractivity contribution >= 4 is 22.9 Å². The van der Waals surface area contributed by atoms with E-state index in [9.17, 15) is 4.79 Å². The fourth-order valence-electron chi connectivity index (χ4n) is 1.14. The molecule has 3 heteroatoms. The van der Waals surface area contributed by atoms with E-state index in [2.05, 4.69) is 12.2 Å². The van der Waals surface area contributed by atoms with E-state index >= 15 is 0 Å². The number of fused-ring (bicyclic) bond motifs is 1. The van der Waals surface area contributed by atoms with Crippen LogP contribution in [0.15, 0.2) is 6.07 Å². The summed E-state index contributed by atoms with van der Waals surface area (Å²) in [4.78, 5) is 13.2. The zero-order valence-electron chi connectivity index (χ0n) is 5.60. The molecule has 1 amide bonds. The number of nitrogens with one attached hydrogen (secondary N) is 1. The Morgan fingerprint density at radius 1 is 1.70 bits per heavy atom. The highest BCUT2D eigenvalue weighted by Crippen LogP contribution is 2.31. The lowest BCUT2D eigenvalue weighted by Crippen LogP contribution is -2.03. The Hall–Kier alpha value is -0.830. The third kappa shape index (κ3) is 0.743. The highest BCUT2D eigenvalue weighted by molar-refractivity contribution is 7.12. The molecule has 2 heterocycles. The van der Waals surface area contributed by atoms with Crippen LogP contribution >= 0.6 is 11.3 Å². The van der Waals surface area contributed by atoms with Gasteiger partial charge >= 0.3 is 0 Å². The van der Waals surface area contributed by atoms with Crippen LogP contribution in [0.2, 0.25) is 0 Å². The lowest BCUT2D eigenvalue weighted by molar-refractivity contribution is -0.115. The Balaban J connectivity index is 2.47. The summed E-state index contributed by atoms with van der Waals surface area (Å²) in [5.74, 6) is 0.126. The summed E-state index contributed by atoms with van der Waals surface area (Å²) < 4.78 is 0. The number of carbonyl (C=O) groups excluding carboxylic acids is 1. The fraction of sp³-hybridized carbons (Fsp3) is 0.286. The predicted molar refractivity (Wildman–Crippen MR) is 41.4 cm³/mol. The van der Waals surface area contributed by atoms with Crippen LogP contribution in [0.4, 0.5) is 5.69 Å². The minimum Gasteiger partial charge on any atom is -0.325 e. The van der Waals surface area contributed by atoms with Gasteiger partial charge in [0.05, 0.1) is 12.1 Å². The van der Waals surface area contributed by atoms with Gasteiger partial charge in [0.15, 0.2) is 0 Å². The molecule has 0 spiro atoms. The fourth-order valence-corrected chi connectivity index (χ4v) is 2.13. The van der Waals surface area contributed by atoms with E-state index in [-0.39, 0.29) is 5.91 Å². The summed E-state index contributed by atoms with van der Waals surface area (Å²) in [7, 11) is 0. The maximum absolute atomic E-state index is 10.8. The zero-order valence-corrected chi connectivity index (χ0v) is 6.42. The second-order valence-electron chi connectivity index (χ2n) is 2.42. The molecule has 0 saturated carbocycles. The summed E-state index contributed by atoms with van der Waals surface area (Å²) in [6, 6.07) is 2.02. The maximum Gasteiger partial charge on any atom is 0.229 e. The molecule has 0 saturated heterocycles. The number of amides is 1. The van der Waals surface area contributed by atoms with E-state index in [1.54, 1.807) is 11.3 Å². The number of thiophene rings is 1. The van der Waals surface area contributed by atoms with Crippen molar-refractivity contribution < 1.29 is 4.79 Å². The number of rotatable bonds is 0. The van der Waals surface area contributed by atoms with E-state index < -0.39 is 0 Å². The van der Waals surface area contributed by atoms with E-state index in [4.69, 9.17) is 0 Å². The van der Waals surface area contributed by atoms with Crippen LogP contribution in [0.1, 0.15) is 9.75 Å². The van der Waals surface area contributed by atoms with Crippen molar-refractivity contribution in [2.45, 2.75) is 13.3 Å². The molecule has 0 unspecified atom stereocenters. The zero-order chi connectivity index (χ0) is 7.14. The third-order valence-corrected chi connectivity index (χ3v) is 2.58. The molecule has 0 atom stereocenters. The Morgan fingerprint density at radius 3 is 3.20 bits per heavy atom. The van der Waals surface area contributed by atoms with E-state index in [1.807, 2.05) is 6.07 Å². The van der Waals surface area contributed by atoms with Crippen LogP contribution in [-0.4, -0.2) is 5.91 Å². The molecule has 1 aliphatic rings. The smallest absolute Gasteiger partial charge is 0.229 e. The molecule has 0 fully saturated rings. The summed E-state index contributed by atoms with van der Waals surface area (Å²) in [5.41, 5.74) is 1.02. The molecule has 2 rings (SSSR count). The Kier molecular flexibility index (Phi) is 1.08. The SMILES string of the molecule is Cc1cc2c(s1)CC(=O)N2. The van der Waals surface area contributed by atoms with Gasteiger partial charge < -0.3 is 5.32 Å². The first kappa shape index (κ1) is 5.92. The number of aryl methyl sites for hydroxylation is 1. The van der Waals surface area contributed by atoms with Crippen molar-refractivity contribution in [2.24, 2.45) is 0 Å². The third-order valence-electron chi connectivity index (χ3n) is 1.53. The van der Waals surface area contributed by atoms with Crippen LogP contribution in [-0.2, 0) is 11.2 Å². The van der Waals surface area contributed by atoms with Gasteiger partial charge in [-0.3, -0.25) is 4.79 Å². The lowest BCUT2D eigenvalue weighted by atomic mass is 10.4. The van der Waals surface area contributed by atoms with E-state index in [0.29, 0.717) is 6.42 Å².